The van der Waals surface area contributed by atoms with E-state index in [4.69, 9.17) is 16.3 Å². The van der Waals surface area contributed by atoms with Gasteiger partial charge in [-0.1, -0.05) is 11.6 Å². The van der Waals surface area contributed by atoms with E-state index in [0.717, 1.165) is 23.4 Å². The van der Waals surface area contributed by atoms with Gasteiger partial charge >= 0.3 is 0 Å². The molecule has 2 N–H and O–H groups in total. The molecule has 4 nitrogen and oxygen atoms in total. The fraction of sp³-hybridized carbons (Fsp3) is 0.533. The number of hydrogen-bond acceptors (Lipinski definition) is 3. The third-order valence-corrected chi connectivity index (χ3v) is 3.88. The Labute approximate surface area is 124 Å². The maximum Gasteiger partial charge on any atom is 0.228 e. The van der Waals surface area contributed by atoms with Gasteiger partial charge in [0, 0.05) is 18.8 Å². The van der Waals surface area contributed by atoms with Crippen molar-refractivity contribution < 1.29 is 9.53 Å². The number of benzene rings is 1. The predicted molar refractivity (Wildman–Crippen MR) is 82.6 cm³/mol. The number of amides is 1. The second-order valence-electron chi connectivity index (χ2n) is 5.93. The second-order valence-corrected chi connectivity index (χ2v) is 6.33. The number of rotatable bonds is 5. The van der Waals surface area contributed by atoms with Gasteiger partial charge in [0.2, 0.25) is 5.91 Å². The second kappa shape index (κ2) is 5.62. The number of hydrogen-bond donors (Lipinski definition) is 2. The average molecular weight is 297 g/mol. The molecule has 0 saturated carbocycles. The third kappa shape index (κ3) is 3.44. The number of methoxy groups -OCH3 is 1. The molecule has 1 heterocycles. The Balaban J connectivity index is 2.11. The minimum absolute atomic E-state index is 0.0155. The molecule has 1 atom stereocenters. The molecule has 0 aliphatic carbocycles. The monoisotopic (exact) mass is 296 g/mol. The van der Waals surface area contributed by atoms with Crippen molar-refractivity contribution >= 4 is 28.9 Å². The summed E-state index contributed by atoms with van der Waals surface area (Å²) in [7, 11) is 1.71. The maximum atomic E-state index is 11.4. The molecule has 1 aliphatic heterocycles. The van der Waals surface area contributed by atoms with Gasteiger partial charge in [-0.3, -0.25) is 4.79 Å². The Kier molecular flexibility index (Phi) is 4.25. The summed E-state index contributed by atoms with van der Waals surface area (Å²) in [5.41, 5.74) is 2.48. The van der Waals surface area contributed by atoms with Crippen molar-refractivity contribution in [3.8, 4) is 0 Å². The zero-order valence-electron chi connectivity index (χ0n) is 12.3. The summed E-state index contributed by atoms with van der Waals surface area (Å²) >= 11 is 6.26. The smallest absolute Gasteiger partial charge is 0.228 e. The van der Waals surface area contributed by atoms with Gasteiger partial charge in [0.15, 0.2) is 0 Å². The summed E-state index contributed by atoms with van der Waals surface area (Å²) in [5, 5.41) is 6.81. The third-order valence-electron chi connectivity index (χ3n) is 3.57. The molecule has 1 aromatic carbocycles. The molecule has 0 saturated heterocycles. The number of carbonyl (C=O) groups excluding carboxylic acids is 1. The lowest BCUT2D eigenvalue weighted by Gasteiger charge is -2.28. The first kappa shape index (κ1) is 15.1. The van der Waals surface area contributed by atoms with Crippen LogP contribution >= 0.6 is 11.6 Å². The molecule has 1 amide bonds. The highest BCUT2D eigenvalue weighted by Gasteiger charge is 2.23. The fourth-order valence-electron chi connectivity index (χ4n) is 2.50. The summed E-state index contributed by atoms with van der Waals surface area (Å²) in [6.07, 6.45) is 1.27. The number of nitrogens with one attached hydrogen (secondary N) is 2. The summed E-state index contributed by atoms with van der Waals surface area (Å²) in [5.74, 6) is 0.0155. The number of fused-ring (bicyclic) bond motifs is 1. The lowest BCUT2D eigenvalue weighted by Crippen LogP contribution is -2.31. The van der Waals surface area contributed by atoms with Gasteiger partial charge in [0.05, 0.1) is 22.7 Å². The van der Waals surface area contributed by atoms with E-state index in [1.807, 2.05) is 6.07 Å². The number of carbonyl (C=O) groups is 1. The molecule has 0 radical (unpaired) electrons. The highest BCUT2D eigenvalue weighted by atomic mass is 35.5. The summed E-state index contributed by atoms with van der Waals surface area (Å²) in [6.45, 7) is 6.20. The van der Waals surface area contributed by atoms with Crippen LogP contribution in [-0.4, -0.2) is 24.7 Å². The van der Waals surface area contributed by atoms with Crippen LogP contribution in [0.4, 0.5) is 11.4 Å². The van der Waals surface area contributed by atoms with Gasteiger partial charge in [0.1, 0.15) is 0 Å². The summed E-state index contributed by atoms with van der Waals surface area (Å²) in [6, 6.07) is 3.97. The quantitative estimate of drug-likeness (QED) is 0.875. The van der Waals surface area contributed by atoms with Gasteiger partial charge in [0.25, 0.3) is 0 Å². The van der Waals surface area contributed by atoms with E-state index in [-0.39, 0.29) is 17.6 Å². The van der Waals surface area contributed by atoms with E-state index >= 15 is 0 Å². The molecule has 0 spiro atoms. The van der Waals surface area contributed by atoms with Crippen LogP contribution in [0.15, 0.2) is 12.1 Å². The van der Waals surface area contributed by atoms with Crippen LogP contribution in [0, 0.1) is 0 Å². The molecular weight excluding hydrogens is 276 g/mol. The highest BCUT2D eigenvalue weighted by molar-refractivity contribution is 6.33. The molecule has 1 aromatic rings. The van der Waals surface area contributed by atoms with E-state index in [2.05, 4.69) is 31.4 Å². The number of halogens is 1. The fourth-order valence-corrected chi connectivity index (χ4v) is 2.71. The van der Waals surface area contributed by atoms with Gasteiger partial charge in [-0.25, -0.2) is 0 Å². The summed E-state index contributed by atoms with van der Waals surface area (Å²) in [4.78, 5) is 11.4. The zero-order valence-corrected chi connectivity index (χ0v) is 13.1. The highest BCUT2D eigenvalue weighted by Crippen LogP contribution is 2.33. The van der Waals surface area contributed by atoms with Crippen molar-refractivity contribution in [3.05, 3.63) is 22.7 Å². The molecule has 110 valence electrons. The van der Waals surface area contributed by atoms with E-state index < -0.39 is 0 Å². The van der Waals surface area contributed by atoms with E-state index in [9.17, 15) is 4.79 Å². The number of anilines is 2. The Morgan fingerprint density at radius 2 is 2.20 bits per heavy atom. The molecule has 20 heavy (non-hydrogen) atoms. The minimum atomic E-state index is -0.187. The SMILES string of the molecule is COC(C)(C)CC(C)Nc1cc2c(cc1Cl)NC(=O)C2. The largest absolute Gasteiger partial charge is 0.381 e. The first-order valence-corrected chi connectivity index (χ1v) is 7.12. The molecule has 2 rings (SSSR count). The Bertz CT molecular complexity index is 529. The molecule has 1 aliphatic rings. The molecule has 1 unspecified atom stereocenters. The van der Waals surface area contributed by atoms with Crippen LogP contribution in [0.3, 0.4) is 0 Å². The number of ether oxygens (including phenoxy) is 1. The predicted octanol–water partition coefficient (Wildman–Crippen LogP) is 3.45. The van der Waals surface area contributed by atoms with Crippen molar-refractivity contribution in [2.24, 2.45) is 0 Å². The van der Waals surface area contributed by atoms with Crippen molar-refractivity contribution in [1.29, 1.82) is 0 Å². The minimum Gasteiger partial charge on any atom is -0.381 e. The van der Waals surface area contributed by atoms with Gasteiger partial charge in [-0.2, -0.15) is 0 Å². The van der Waals surface area contributed by atoms with Crippen molar-refractivity contribution in [2.75, 3.05) is 17.7 Å². The maximum absolute atomic E-state index is 11.4. The van der Waals surface area contributed by atoms with Gasteiger partial charge in [-0.15, -0.1) is 0 Å². The van der Waals surface area contributed by atoms with E-state index in [0.29, 0.717) is 11.4 Å². The molecule has 5 heteroatoms. The molecular formula is C15H21ClN2O2. The van der Waals surface area contributed by atoms with Crippen molar-refractivity contribution in [2.45, 2.75) is 45.3 Å². The van der Waals surface area contributed by atoms with Gasteiger partial charge < -0.3 is 15.4 Å². The van der Waals surface area contributed by atoms with Gasteiger partial charge in [-0.05, 0) is 44.9 Å². The first-order valence-electron chi connectivity index (χ1n) is 6.75. The standard InChI is InChI=1S/C15H21ClN2O2/c1-9(8-15(2,3)20-4)17-13-5-10-6-14(19)18-12(10)7-11(13)16/h5,7,9,17H,6,8H2,1-4H3,(H,18,19). The average Bonchev–Trinajstić information content (AvgIpc) is 2.68. The van der Waals surface area contributed by atoms with Crippen LogP contribution in [0.1, 0.15) is 32.8 Å². The molecule has 0 fully saturated rings. The van der Waals surface area contributed by atoms with Crippen LogP contribution in [0.2, 0.25) is 5.02 Å². The topological polar surface area (TPSA) is 50.4 Å². The van der Waals surface area contributed by atoms with E-state index in [1.54, 1.807) is 13.2 Å². The normalized spacial score (nSPS) is 15.8. The van der Waals surface area contributed by atoms with Crippen molar-refractivity contribution in [1.82, 2.24) is 0 Å². The zero-order chi connectivity index (χ0) is 14.9. The Morgan fingerprint density at radius 1 is 1.50 bits per heavy atom. The first-order chi connectivity index (χ1) is 9.30. The van der Waals surface area contributed by atoms with Crippen LogP contribution < -0.4 is 10.6 Å². The lowest BCUT2D eigenvalue weighted by molar-refractivity contribution is -0.115. The molecule has 0 bridgehead atoms. The van der Waals surface area contributed by atoms with Crippen LogP contribution in [0.5, 0.6) is 0 Å². The Morgan fingerprint density at radius 3 is 2.85 bits per heavy atom. The van der Waals surface area contributed by atoms with E-state index in [1.165, 1.54) is 0 Å². The van der Waals surface area contributed by atoms with Crippen LogP contribution in [-0.2, 0) is 16.0 Å². The summed E-state index contributed by atoms with van der Waals surface area (Å²) < 4.78 is 5.44. The lowest BCUT2D eigenvalue weighted by atomic mass is 9.99. The van der Waals surface area contributed by atoms with Crippen molar-refractivity contribution in [3.63, 3.8) is 0 Å². The Hall–Kier alpha value is -1.26. The van der Waals surface area contributed by atoms with Crippen LogP contribution in [0.25, 0.3) is 0 Å². The molecule has 0 aromatic heterocycles.